The lowest BCUT2D eigenvalue weighted by Gasteiger charge is -2.41. The standard InChI is InChI=1S/C17H17NO/c19-17(15-9-5-2-6-10-15)18-12-11-16(18)13-14-7-3-1-4-8-14/h1-10,16H,11-13H2. The van der Waals surface area contributed by atoms with Crippen LogP contribution >= 0.6 is 0 Å². The van der Waals surface area contributed by atoms with Crippen LogP contribution < -0.4 is 0 Å². The molecule has 0 spiro atoms. The first-order chi connectivity index (χ1) is 9.34. The zero-order valence-corrected chi connectivity index (χ0v) is 10.8. The molecule has 1 unspecified atom stereocenters. The number of nitrogens with zero attached hydrogens (tertiary/aromatic N) is 1. The third-order valence-electron chi connectivity index (χ3n) is 3.74. The summed E-state index contributed by atoms with van der Waals surface area (Å²) in [5, 5.41) is 0. The third kappa shape index (κ3) is 2.53. The minimum Gasteiger partial charge on any atom is -0.335 e. The van der Waals surface area contributed by atoms with Gasteiger partial charge in [-0.25, -0.2) is 0 Å². The van der Waals surface area contributed by atoms with Crippen molar-refractivity contribution < 1.29 is 4.79 Å². The number of hydrogen-bond acceptors (Lipinski definition) is 1. The van der Waals surface area contributed by atoms with Gasteiger partial charge < -0.3 is 4.90 Å². The molecule has 1 amide bonds. The summed E-state index contributed by atoms with van der Waals surface area (Å²) in [6.07, 6.45) is 2.06. The normalized spacial score (nSPS) is 17.9. The van der Waals surface area contributed by atoms with Crippen molar-refractivity contribution in [3.63, 3.8) is 0 Å². The molecule has 1 fully saturated rings. The van der Waals surface area contributed by atoms with Gasteiger partial charge in [0, 0.05) is 18.2 Å². The van der Waals surface area contributed by atoms with Gasteiger partial charge in [-0.2, -0.15) is 0 Å². The Morgan fingerprint density at radius 3 is 2.21 bits per heavy atom. The minimum absolute atomic E-state index is 0.160. The smallest absolute Gasteiger partial charge is 0.254 e. The fourth-order valence-electron chi connectivity index (χ4n) is 2.55. The van der Waals surface area contributed by atoms with Crippen molar-refractivity contribution in [3.05, 3.63) is 71.8 Å². The highest BCUT2D eigenvalue weighted by Gasteiger charge is 2.32. The molecule has 2 aromatic rings. The van der Waals surface area contributed by atoms with Crippen molar-refractivity contribution in [2.24, 2.45) is 0 Å². The Labute approximate surface area is 113 Å². The molecule has 1 aliphatic rings. The maximum absolute atomic E-state index is 12.4. The van der Waals surface area contributed by atoms with Crippen molar-refractivity contribution in [2.45, 2.75) is 18.9 Å². The first kappa shape index (κ1) is 12.0. The van der Waals surface area contributed by atoms with E-state index in [1.807, 2.05) is 41.3 Å². The van der Waals surface area contributed by atoms with Gasteiger partial charge in [-0.3, -0.25) is 4.79 Å². The SMILES string of the molecule is O=C(c1ccccc1)N1CCC1Cc1ccccc1. The summed E-state index contributed by atoms with van der Waals surface area (Å²) in [5.41, 5.74) is 2.10. The Morgan fingerprint density at radius 2 is 1.63 bits per heavy atom. The summed E-state index contributed by atoms with van der Waals surface area (Å²) in [6.45, 7) is 0.880. The van der Waals surface area contributed by atoms with E-state index in [0.717, 1.165) is 24.9 Å². The lowest BCUT2D eigenvalue weighted by Crippen LogP contribution is -2.52. The number of carbonyl (C=O) groups is 1. The first-order valence-electron chi connectivity index (χ1n) is 6.74. The molecule has 0 aliphatic carbocycles. The van der Waals surface area contributed by atoms with Crippen molar-refractivity contribution in [3.8, 4) is 0 Å². The molecular formula is C17H17NO. The lowest BCUT2D eigenvalue weighted by molar-refractivity contribution is 0.0464. The van der Waals surface area contributed by atoms with Crippen LogP contribution in [0.2, 0.25) is 0 Å². The van der Waals surface area contributed by atoms with Crippen LogP contribution in [0, 0.1) is 0 Å². The number of carbonyl (C=O) groups excluding carboxylic acids is 1. The van der Waals surface area contributed by atoms with E-state index < -0.39 is 0 Å². The Hall–Kier alpha value is -2.09. The monoisotopic (exact) mass is 251 g/mol. The second-order valence-electron chi connectivity index (χ2n) is 5.00. The van der Waals surface area contributed by atoms with E-state index in [1.54, 1.807) is 0 Å². The highest BCUT2D eigenvalue weighted by Crippen LogP contribution is 2.23. The number of benzene rings is 2. The van der Waals surface area contributed by atoms with Gasteiger partial charge in [-0.05, 0) is 30.5 Å². The third-order valence-corrected chi connectivity index (χ3v) is 3.74. The van der Waals surface area contributed by atoms with Crippen LogP contribution in [0.4, 0.5) is 0 Å². The van der Waals surface area contributed by atoms with Crippen LogP contribution in [-0.2, 0) is 6.42 Å². The number of hydrogen-bond donors (Lipinski definition) is 0. The second-order valence-corrected chi connectivity index (χ2v) is 5.00. The average molecular weight is 251 g/mol. The summed E-state index contributed by atoms with van der Waals surface area (Å²) < 4.78 is 0. The molecule has 2 nitrogen and oxygen atoms in total. The van der Waals surface area contributed by atoms with Gasteiger partial charge in [0.15, 0.2) is 0 Å². The van der Waals surface area contributed by atoms with E-state index >= 15 is 0 Å². The van der Waals surface area contributed by atoms with Crippen LogP contribution in [0.1, 0.15) is 22.3 Å². The Bertz CT molecular complexity index is 550. The number of likely N-dealkylation sites (tertiary alicyclic amines) is 1. The van der Waals surface area contributed by atoms with E-state index in [9.17, 15) is 4.79 Å². The second kappa shape index (κ2) is 5.27. The quantitative estimate of drug-likeness (QED) is 0.820. The fraction of sp³-hybridized carbons (Fsp3) is 0.235. The van der Waals surface area contributed by atoms with E-state index in [4.69, 9.17) is 0 Å². The molecule has 1 heterocycles. The molecule has 96 valence electrons. The van der Waals surface area contributed by atoms with Gasteiger partial charge in [0.25, 0.3) is 5.91 Å². The van der Waals surface area contributed by atoms with Gasteiger partial charge in [0.1, 0.15) is 0 Å². The van der Waals surface area contributed by atoms with Gasteiger partial charge >= 0.3 is 0 Å². The van der Waals surface area contributed by atoms with Crippen molar-refractivity contribution in [1.29, 1.82) is 0 Å². The molecule has 0 aromatic heterocycles. The Balaban J connectivity index is 1.68. The Morgan fingerprint density at radius 1 is 1.00 bits per heavy atom. The summed E-state index contributed by atoms with van der Waals surface area (Å²) in [6, 6.07) is 20.3. The maximum Gasteiger partial charge on any atom is 0.254 e. The zero-order valence-electron chi connectivity index (χ0n) is 10.8. The van der Waals surface area contributed by atoms with Crippen molar-refractivity contribution in [2.75, 3.05) is 6.54 Å². The average Bonchev–Trinajstić information content (AvgIpc) is 2.46. The van der Waals surface area contributed by atoms with Crippen molar-refractivity contribution in [1.82, 2.24) is 4.90 Å². The topological polar surface area (TPSA) is 20.3 Å². The van der Waals surface area contributed by atoms with Crippen LogP contribution in [-0.4, -0.2) is 23.4 Å². The predicted molar refractivity (Wildman–Crippen MR) is 76.0 cm³/mol. The van der Waals surface area contributed by atoms with Crippen LogP contribution in [0.25, 0.3) is 0 Å². The van der Waals surface area contributed by atoms with Crippen LogP contribution in [0.3, 0.4) is 0 Å². The summed E-state index contributed by atoms with van der Waals surface area (Å²) in [4.78, 5) is 14.3. The zero-order chi connectivity index (χ0) is 13.1. The lowest BCUT2D eigenvalue weighted by atomic mass is 9.94. The van der Waals surface area contributed by atoms with Gasteiger partial charge in [-0.1, -0.05) is 48.5 Å². The highest BCUT2D eigenvalue weighted by atomic mass is 16.2. The number of amides is 1. The first-order valence-corrected chi connectivity index (χ1v) is 6.74. The van der Waals surface area contributed by atoms with Gasteiger partial charge in [0.05, 0.1) is 0 Å². The summed E-state index contributed by atoms with van der Waals surface area (Å²) in [5.74, 6) is 0.160. The molecule has 1 aliphatic heterocycles. The molecule has 1 atom stereocenters. The molecule has 19 heavy (non-hydrogen) atoms. The van der Waals surface area contributed by atoms with E-state index in [2.05, 4.69) is 24.3 Å². The van der Waals surface area contributed by atoms with E-state index in [-0.39, 0.29) is 5.91 Å². The molecule has 0 bridgehead atoms. The Kier molecular flexibility index (Phi) is 3.32. The molecule has 2 aromatic carbocycles. The molecule has 0 saturated carbocycles. The molecule has 0 radical (unpaired) electrons. The molecule has 1 saturated heterocycles. The van der Waals surface area contributed by atoms with Gasteiger partial charge in [0.2, 0.25) is 0 Å². The highest BCUT2D eigenvalue weighted by molar-refractivity contribution is 5.94. The van der Waals surface area contributed by atoms with Crippen molar-refractivity contribution >= 4 is 5.91 Å². The van der Waals surface area contributed by atoms with Crippen LogP contribution in [0.5, 0.6) is 0 Å². The maximum atomic E-state index is 12.4. The fourth-order valence-corrected chi connectivity index (χ4v) is 2.55. The summed E-state index contributed by atoms with van der Waals surface area (Å²) in [7, 11) is 0. The molecule has 3 rings (SSSR count). The summed E-state index contributed by atoms with van der Waals surface area (Å²) >= 11 is 0. The predicted octanol–water partition coefficient (Wildman–Crippen LogP) is 3.14. The molecule has 0 N–H and O–H groups in total. The van der Waals surface area contributed by atoms with Crippen LogP contribution in [0.15, 0.2) is 60.7 Å². The van der Waals surface area contributed by atoms with Gasteiger partial charge in [-0.15, -0.1) is 0 Å². The van der Waals surface area contributed by atoms with E-state index in [0.29, 0.717) is 6.04 Å². The molecular weight excluding hydrogens is 234 g/mol. The number of rotatable bonds is 3. The van der Waals surface area contributed by atoms with E-state index in [1.165, 1.54) is 5.56 Å². The molecule has 2 heteroatoms. The minimum atomic E-state index is 0.160. The largest absolute Gasteiger partial charge is 0.335 e.